The lowest BCUT2D eigenvalue weighted by atomic mass is 9.77. The van der Waals surface area contributed by atoms with E-state index in [-0.39, 0.29) is 12.5 Å². The molecule has 1 spiro atoms. The molecule has 1 aliphatic heterocycles. The van der Waals surface area contributed by atoms with Crippen LogP contribution in [0.2, 0.25) is 0 Å². The van der Waals surface area contributed by atoms with E-state index in [1.165, 1.54) is 0 Å². The van der Waals surface area contributed by atoms with Gasteiger partial charge < -0.3 is 10.6 Å². The molecule has 8 heteroatoms. The Morgan fingerprint density at radius 1 is 1.19 bits per heavy atom. The molecule has 2 fully saturated rings. The van der Waals surface area contributed by atoms with Crippen molar-refractivity contribution in [2.75, 3.05) is 11.9 Å². The number of nitrogens with one attached hydrogen (secondary N) is 2. The summed E-state index contributed by atoms with van der Waals surface area (Å²) in [6.45, 7) is 1.86. The molecule has 1 saturated heterocycles. The molecule has 5 rings (SSSR count). The van der Waals surface area contributed by atoms with E-state index < -0.39 is 17.5 Å². The van der Waals surface area contributed by atoms with Crippen molar-refractivity contribution in [3.63, 3.8) is 0 Å². The van der Waals surface area contributed by atoms with Gasteiger partial charge in [-0.2, -0.15) is 0 Å². The van der Waals surface area contributed by atoms with Crippen LogP contribution in [0.5, 0.6) is 0 Å². The van der Waals surface area contributed by atoms with Crippen LogP contribution in [0.3, 0.4) is 0 Å². The zero-order chi connectivity index (χ0) is 22.3. The first-order valence-corrected chi connectivity index (χ1v) is 11.7. The molecule has 0 bridgehead atoms. The van der Waals surface area contributed by atoms with Crippen LogP contribution in [-0.2, 0) is 9.59 Å². The molecular weight excluding hydrogens is 424 g/mol. The summed E-state index contributed by atoms with van der Waals surface area (Å²) in [5.41, 5.74) is 1.59. The van der Waals surface area contributed by atoms with Gasteiger partial charge in [-0.05, 0) is 55.9 Å². The van der Waals surface area contributed by atoms with Crippen LogP contribution < -0.4 is 10.6 Å². The molecular formula is C24H24N4O3S. The van der Waals surface area contributed by atoms with Gasteiger partial charge in [-0.3, -0.25) is 14.5 Å². The number of para-hydroxylation sites is 1. The summed E-state index contributed by atoms with van der Waals surface area (Å²) in [4.78, 5) is 43.8. The summed E-state index contributed by atoms with van der Waals surface area (Å²) >= 11 is 1.59. The second-order valence-corrected chi connectivity index (χ2v) is 9.73. The number of imide groups is 1. The zero-order valence-corrected chi connectivity index (χ0v) is 18.6. The Kier molecular flexibility index (Phi) is 5.17. The highest BCUT2D eigenvalue weighted by molar-refractivity contribution is 7.21. The minimum Gasteiger partial charge on any atom is -0.325 e. The van der Waals surface area contributed by atoms with Crippen LogP contribution in [0.15, 0.2) is 48.5 Å². The molecule has 32 heavy (non-hydrogen) atoms. The first-order valence-electron chi connectivity index (χ1n) is 10.8. The SMILES string of the molecule is CC1CCC2(CC1)NC(=O)N(CC(=O)Nc1cccc(-c3nc4ccccc4s3)c1)C2=O. The quantitative estimate of drug-likeness (QED) is 0.579. The molecule has 0 atom stereocenters. The largest absolute Gasteiger partial charge is 0.325 e. The highest BCUT2D eigenvalue weighted by atomic mass is 32.1. The first-order chi connectivity index (χ1) is 15.4. The predicted molar refractivity (Wildman–Crippen MR) is 124 cm³/mol. The normalized spacial score (nSPS) is 23.0. The maximum atomic E-state index is 13.0. The first kappa shape index (κ1) is 20.6. The smallest absolute Gasteiger partial charge is 0.325 e. The Morgan fingerprint density at radius 2 is 1.97 bits per heavy atom. The van der Waals surface area contributed by atoms with E-state index in [1.807, 2.05) is 42.5 Å². The molecule has 164 valence electrons. The van der Waals surface area contributed by atoms with Crippen molar-refractivity contribution < 1.29 is 14.4 Å². The molecule has 0 unspecified atom stereocenters. The summed E-state index contributed by atoms with van der Waals surface area (Å²) < 4.78 is 1.10. The summed E-state index contributed by atoms with van der Waals surface area (Å²) in [6, 6.07) is 14.9. The van der Waals surface area contributed by atoms with Crippen molar-refractivity contribution in [1.82, 2.24) is 15.2 Å². The Bertz CT molecular complexity index is 1180. The third-order valence-electron chi connectivity index (χ3n) is 6.36. The maximum absolute atomic E-state index is 13.0. The predicted octanol–water partition coefficient (Wildman–Crippen LogP) is 4.40. The highest BCUT2D eigenvalue weighted by Crippen LogP contribution is 2.36. The minimum absolute atomic E-state index is 0.284. The molecule has 2 N–H and O–H groups in total. The molecule has 2 aliphatic rings. The average Bonchev–Trinajstić information content (AvgIpc) is 3.31. The molecule has 1 aliphatic carbocycles. The maximum Gasteiger partial charge on any atom is 0.325 e. The van der Waals surface area contributed by atoms with Crippen molar-refractivity contribution in [1.29, 1.82) is 0 Å². The number of hydrogen-bond acceptors (Lipinski definition) is 5. The van der Waals surface area contributed by atoms with Crippen LogP contribution in [-0.4, -0.2) is 39.8 Å². The monoisotopic (exact) mass is 448 g/mol. The molecule has 2 aromatic carbocycles. The number of nitrogens with zero attached hydrogens (tertiary/aromatic N) is 2. The van der Waals surface area contributed by atoms with Gasteiger partial charge in [-0.1, -0.05) is 31.2 Å². The van der Waals surface area contributed by atoms with Crippen molar-refractivity contribution in [2.45, 2.75) is 38.1 Å². The second-order valence-electron chi connectivity index (χ2n) is 8.70. The van der Waals surface area contributed by atoms with Gasteiger partial charge in [0.15, 0.2) is 0 Å². The van der Waals surface area contributed by atoms with Gasteiger partial charge in [0.25, 0.3) is 5.91 Å². The summed E-state index contributed by atoms with van der Waals surface area (Å²) in [6.07, 6.45) is 3.04. The lowest BCUT2D eigenvalue weighted by Crippen LogP contribution is -2.49. The van der Waals surface area contributed by atoms with Crippen molar-refractivity contribution in [3.8, 4) is 10.6 Å². The van der Waals surface area contributed by atoms with Gasteiger partial charge in [0.1, 0.15) is 17.1 Å². The van der Waals surface area contributed by atoms with Crippen LogP contribution in [0.25, 0.3) is 20.8 Å². The van der Waals surface area contributed by atoms with Gasteiger partial charge in [-0.15, -0.1) is 11.3 Å². The van der Waals surface area contributed by atoms with Crippen molar-refractivity contribution in [3.05, 3.63) is 48.5 Å². The number of fused-ring (bicyclic) bond motifs is 1. The van der Waals surface area contributed by atoms with Crippen LogP contribution >= 0.6 is 11.3 Å². The van der Waals surface area contributed by atoms with E-state index in [0.717, 1.165) is 38.5 Å². The molecule has 4 amide bonds. The van der Waals surface area contributed by atoms with E-state index >= 15 is 0 Å². The standard InChI is InChI=1S/C24H24N4O3S/c1-15-9-11-24(12-10-15)22(30)28(23(31)27-24)14-20(29)25-17-6-4-5-16(13-17)21-26-18-7-2-3-8-19(18)32-21/h2-8,13,15H,9-12,14H2,1H3,(H,25,29)(H,27,31). The number of rotatable bonds is 4. The Morgan fingerprint density at radius 3 is 2.75 bits per heavy atom. The summed E-state index contributed by atoms with van der Waals surface area (Å²) in [5, 5.41) is 6.53. The van der Waals surface area contributed by atoms with Gasteiger partial charge >= 0.3 is 6.03 Å². The number of hydrogen-bond donors (Lipinski definition) is 2. The van der Waals surface area contributed by atoms with Gasteiger partial charge in [0.05, 0.1) is 10.2 Å². The third-order valence-corrected chi connectivity index (χ3v) is 7.45. The summed E-state index contributed by atoms with van der Waals surface area (Å²) in [7, 11) is 0. The minimum atomic E-state index is -0.837. The van der Waals surface area contributed by atoms with Crippen LogP contribution in [0.1, 0.15) is 32.6 Å². The molecule has 3 aromatic rings. The number of carbonyl (C=O) groups is 3. The van der Waals surface area contributed by atoms with Gasteiger partial charge in [0, 0.05) is 11.3 Å². The fraction of sp³-hybridized carbons (Fsp3) is 0.333. The highest BCUT2D eigenvalue weighted by Gasteiger charge is 2.52. The topological polar surface area (TPSA) is 91.4 Å². The molecule has 1 aromatic heterocycles. The van der Waals surface area contributed by atoms with Gasteiger partial charge in [0.2, 0.25) is 5.91 Å². The lowest BCUT2D eigenvalue weighted by molar-refractivity contribution is -0.135. The Labute approximate surface area is 189 Å². The van der Waals surface area contributed by atoms with E-state index in [9.17, 15) is 14.4 Å². The average molecular weight is 449 g/mol. The number of urea groups is 1. The van der Waals surface area contributed by atoms with Crippen LogP contribution in [0, 0.1) is 5.92 Å². The number of thiazole rings is 1. The zero-order valence-electron chi connectivity index (χ0n) is 17.8. The Balaban J connectivity index is 1.28. The molecule has 2 heterocycles. The number of amides is 4. The second kappa shape index (κ2) is 8.02. The van der Waals surface area contributed by atoms with Crippen molar-refractivity contribution >= 4 is 45.1 Å². The number of benzene rings is 2. The number of carbonyl (C=O) groups excluding carboxylic acids is 3. The Hall–Kier alpha value is -3.26. The summed E-state index contributed by atoms with van der Waals surface area (Å²) in [5.74, 6) is -0.144. The van der Waals surface area contributed by atoms with E-state index in [2.05, 4.69) is 22.5 Å². The molecule has 1 saturated carbocycles. The number of aromatic nitrogens is 1. The molecule has 7 nitrogen and oxygen atoms in total. The van der Waals surface area contributed by atoms with E-state index in [1.54, 1.807) is 17.4 Å². The lowest BCUT2D eigenvalue weighted by Gasteiger charge is -2.33. The number of anilines is 1. The van der Waals surface area contributed by atoms with E-state index in [0.29, 0.717) is 24.4 Å². The molecule has 0 radical (unpaired) electrons. The fourth-order valence-electron chi connectivity index (χ4n) is 4.48. The van der Waals surface area contributed by atoms with E-state index in [4.69, 9.17) is 0 Å². The van der Waals surface area contributed by atoms with Crippen molar-refractivity contribution in [2.24, 2.45) is 5.92 Å². The van der Waals surface area contributed by atoms with Crippen LogP contribution in [0.4, 0.5) is 10.5 Å². The van der Waals surface area contributed by atoms with Gasteiger partial charge in [-0.25, -0.2) is 9.78 Å². The fourth-order valence-corrected chi connectivity index (χ4v) is 5.45. The third kappa shape index (κ3) is 3.75.